The average Bonchev–Trinajstić information content (AvgIpc) is 3.37. The van der Waals surface area contributed by atoms with Gasteiger partial charge >= 0.3 is 0 Å². The topological polar surface area (TPSA) is 84.8 Å². The van der Waals surface area contributed by atoms with E-state index in [-0.39, 0.29) is 5.91 Å². The predicted molar refractivity (Wildman–Crippen MR) is 112 cm³/mol. The highest BCUT2D eigenvalue weighted by Crippen LogP contribution is 2.23. The van der Waals surface area contributed by atoms with Crippen molar-refractivity contribution in [3.63, 3.8) is 0 Å². The Morgan fingerprint density at radius 2 is 1.97 bits per heavy atom. The van der Waals surface area contributed by atoms with Gasteiger partial charge in [-0.05, 0) is 42.8 Å². The smallest absolute Gasteiger partial charge is 0.255 e. The van der Waals surface area contributed by atoms with Crippen molar-refractivity contribution in [2.75, 3.05) is 13.7 Å². The molecule has 2 heterocycles. The first-order valence-electron chi connectivity index (χ1n) is 9.53. The predicted octanol–water partition coefficient (Wildman–Crippen LogP) is 3.33. The first kappa shape index (κ1) is 18.7. The summed E-state index contributed by atoms with van der Waals surface area (Å²) in [7, 11) is 3.65. The highest BCUT2D eigenvalue weighted by Gasteiger charge is 2.15. The number of hydrogen-bond acceptors (Lipinski definition) is 4. The molecule has 2 aromatic heterocycles. The van der Waals surface area contributed by atoms with Crippen molar-refractivity contribution in [1.29, 1.82) is 0 Å². The number of carbonyl (C=O) groups excluding carboxylic acids is 1. The lowest BCUT2D eigenvalue weighted by molar-refractivity contribution is 0.0954. The molecule has 0 radical (unpaired) electrons. The normalized spacial score (nSPS) is 11.0. The van der Waals surface area contributed by atoms with Crippen LogP contribution in [0.15, 0.2) is 54.7 Å². The van der Waals surface area contributed by atoms with Crippen molar-refractivity contribution in [3.8, 4) is 17.0 Å². The molecule has 0 atom stereocenters. The first-order chi connectivity index (χ1) is 14.2. The lowest BCUT2D eigenvalue weighted by Crippen LogP contribution is -2.25. The summed E-state index contributed by atoms with van der Waals surface area (Å²) >= 11 is 0. The van der Waals surface area contributed by atoms with Crippen LogP contribution in [0.3, 0.4) is 0 Å². The van der Waals surface area contributed by atoms with Crippen molar-refractivity contribution in [3.05, 3.63) is 66.1 Å². The molecule has 7 nitrogen and oxygen atoms in total. The summed E-state index contributed by atoms with van der Waals surface area (Å²) in [6.45, 7) is 0.565. The number of nitrogens with one attached hydrogen (secondary N) is 2. The monoisotopic (exact) mass is 389 g/mol. The van der Waals surface area contributed by atoms with Gasteiger partial charge in [0.1, 0.15) is 11.6 Å². The number of H-pyrrole nitrogens is 1. The summed E-state index contributed by atoms with van der Waals surface area (Å²) in [6.07, 6.45) is 3.15. The molecule has 148 valence electrons. The van der Waals surface area contributed by atoms with Crippen LogP contribution in [0.1, 0.15) is 22.6 Å². The van der Waals surface area contributed by atoms with Gasteiger partial charge in [0.15, 0.2) is 0 Å². The molecule has 1 amide bonds. The number of benzene rings is 2. The summed E-state index contributed by atoms with van der Waals surface area (Å²) in [5, 5.41) is 9.94. The van der Waals surface area contributed by atoms with E-state index in [9.17, 15) is 4.79 Å². The van der Waals surface area contributed by atoms with Gasteiger partial charge < -0.3 is 14.6 Å². The molecule has 0 aliphatic rings. The Morgan fingerprint density at radius 3 is 2.72 bits per heavy atom. The van der Waals surface area contributed by atoms with Crippen molar-refractivity contribution < 1.29 is 9.53 Å². The fourth-order valence-corrected chi connectivity index (χ4v) is 3.40. The van der Waals surface area contributed by atoms with Gasteiger partial charge in [-0.25, -0.2) is 4.98 Å². The second-order valence-corrected chi connectivity index (χ2v) is 6.82. The molecule has 4 aromatic rings. The van der Waals surface area contributed by atoms with Crippen LogP contribution in [0.5, 0.6) is 5.75 Å². The number of ether oxygens (including phenoxy) is 1. The zero-order valence-corrected chi connectivity index (χ0v) is 16.5. The maximum atomic E-state index is 12.6. The zero-order valence-electron chi connectivity index (χ0n) is 16.5. The van der Waals surface area contributed by atoms with Crippen molar-refractivity contribution in [1.82, 2.24) is 25.1 Å². The molecule has 7 heteroatoms. The Morgan fingerprint density at radius 1 is 1.17 bits per heavy atom. The van der Waals surface area contributed by atoms with Gasteiger partial charge in [-0.15, -0.1) is 0 Å². The molecule has 0 fully saturated rings. The van der Waals surface area contributed by atoms with E-state index in [1.54, 1.807) is 13.3 Å². The highest BCUT2D eigenvalue weighted by molar-refractivity contribution is 5.99. The number of rotatable bonds is 7. The molecule has 2 aromatic carbocycles. The molecule has 0 aliphatic carbocycles. The van der Waals surface area contributed by atoms with E-state index >= 15 is 0 Å². The first-order valence-corrected chi connectivity index (χ1v) is 9.53. The largest absolute Gasteiger partial charge is 0.497 e. The fraction of sp³-hybridized carbons (Fsp3) is 0.227. The molecule has 0 aliphatic heterocycles. The Kier molecular flexibility index (Phi) is 5.29. The van der Waals surface area contributed by atoms with Crippen LogP contribution < -0.4 is 10.1 Å². The summed E-state index contributed by atoms with van der Waals surface area (Å²) in [5.41, 5.74) is 4.22. The van der Waals surface area contributed by atoms with Crippen molar-refractivity contribution in [2.24, 2.45) is 7.05 Å². The van der Waals surface area contributed by atoms with E-state index in [1.807, 2.05) is 49.5 Å². The molecule has 0 bridgehead atoms. The van der Waals surface area contributed by atoms with E-state index in [4.69, 9.17) is 4.74 Å². The molecule has 0 spiro atoms. The number of hydrogen-bond donors (Lipinski definition) is 2. The van der Waals surface area contributed by atoms with Crippen LogP contribution in [0.2, 0.25) is 0 Å². The summed E-state index contributed by atoms with van der Waals surface area (Å²) in [4.78, 5) is 17.3. The van der Waals surface area contributed by atoms with Crippen LogP contribution in [-0.4, -0.2) is 39.3 Å². The van der Waals surface area contributed by atoms with Gasteiger partial charge in [-0.2, -0.15) is 5.10 Å². The van der Waals surface area contributed by atoms with E-state index in [1.165, 1.54) is 0 Å². The fourth-order valence-electron chi connectivity index (χ4n) is 3.40. The number of carbonyl (C=O) groups is 1. The molecule has 2 N–H and O–H groups in total. The second kappa shape index (κ2) is 8.18. The third-order valence-electron chi connectivity index (χ3n) is 5.01. The number of aryl methyl sites for hydroxylation is 2. The van der Waals surface area contributed by atoms with E-state index in [0.717, 1.165) is 41.0 Å². The van der Waals surface area contributed by atoms with Crippen molar-refractivity contribution >= 4 is 16.9 Å². The lowest BCUT2D eigenvalue weighted by Gasteiger charge is -2.07. The van der Waals surface area contributed by atoms with Gasteiger partial charge in [0.2, 0.25) is 0 Å². The summed E-state index contributed by atoms with van der Waals surface area (Å²) in [5.74, 6) is 1.64. The van der Waals surface area contributed by atoms with E-state index in [0.29, 0.717) is 17.8 Å². The molecule has 0 saturated carbocycles. The summed E-state index contributed by atoms with van der Waals surface area (Å²) < 4.78 is 7.29. The number of fused-ring (bicyclic) bond motifs is 1. The quantitative estimate of drug-likeness (QED) is 0.475. The second-order valence-electron chi connectivity index (χ2n) is 6.82. The van der Waals surface area contributed by atoms with E-state index in [2.05, 4.69) is 31.1 Å². The van der Waals surface area contributed by atoms with Gasteiger partial charge in [0, 0.05) is 25.6 Å². The van der Waals surface area contributed by atoms with Crippen LogP contribution in [0.4, 0.5) is 0 Å². The zero-order chi connectivity index (χ0) is 20.2. The molecule has 0 unspecified atom stereocenters. The van der Waals surface area contributed by atoms with Crippen molar-refractivity contribution in [2.45, 2.75) is 12.8 Å². The third-order valence-corrected chi connectivity index (χ3v) is 5.01. The van der Waals surface area contributed by atoms with Crippen LogP contribution in [0.25, 0.3) is 22.3 Å². The van der Waals surface area contributed by atoms with Crippen LogP contribution in [-0.2, 0) is 13.5 Å². The molecule has 29 heavy (non-hydrogen) atoms. The summed E-state index contributed by atoms with van der Waals surface area (Å²) in [6, 6.07) is 15.6. The van der Waals surface area contributed by atoms with Gasteiger partial charge in [-0.1, -0.05) is 12.1 Å². The standard InChI is InChI=1S/C22H23N5O2/c1-27-19-7-4-3-6-18(19)25-20(27)8-5-13-23-22(28)17-14-24-26-21(17)15-9-11-16(29-2)12-10-15/h3-4,6-7,9-12,14H,5,8,13H2,1-2H3,(H,23,28)(H,24,26). The van der Waals surface area contributed by atoms with Crippen LogP contribution in [0, 0.1) is 0 Å². The average molecular weight is 389 g/mol. The minimum atomic E-state index is -0.144. The Bertz CT molecular complexity index is 1130. The van der Waals surface area contributed by atoms with Gasteiger partial charge in [-0.3, -0.25) is 9.89 Å². The maximum Gasteiger partial charge on any atom is 0.255 e. The molecular weight excluding hydrogens is 366 g/mol. The number of aromatic nitrogens is 4. The lowest BCUT2D eigenvalue weighted by atomic mass is 10.1. The minimum Gasteiger partial charge on any atom is -0.497 e. The number of amides is 1. The van der Waals surface area contributed by atoms with Crippen LogP contribution >= 0.6 is 0 Å². The Labute approximate surface area is 168 Å². The number of nitrogens with zero attached hydrogens (tertiary/aromatic N) is 3. The van der Waals surface area contributed by atoms with Gasteiger partial charge in [0.25, 0.3) is 5.91 Å². The number of imidazole rings is 1. The minimum absolute atomic E-state index is 0.144. The SMILES string of the molecule is COc1ccc(-c2[nH]ncc2C(=O)NCCCc2nc3ccccc3n2C)cc1. The maximum absolute atomic E-state index is 12.6. The van der Waals surface area contributed by atoms with E-state index < -0.39 is 0 Å². The van der Waals surface area contributed by atoms with Gasteiger partial charge in [0.05, 0.1) is 35.6 Å². The Hall–Kier alpha value is -3.61. The molecule has 0 saturated heterocycles. The molecular formula is C22H23N5O2. The number of para-hydroxylation sites is 2. The third kappa shape index (κ3) is 3.85. The molecule has 4 rings (SSSR count). The number of aromatic amines is 1. The Balaban J connectivity index is 1.36. The number of methoxy groups -OCH3 is 1. The highest BCUT2D eigenvalue weighted by atomic mass is 16.5.